The third kappa shape index (κ3) is 4.37. The molecule has 1 fully saturated rings. The Balaban J connectivity index is 1.60. The van der Waals surface area contributed by atoms with Crippen molar-refractivity contribution in [2.45, 2.75) is 25.9 Å². The first-order valence-electron chi connectivity index (χ1n) is 6.90. The number of pyridine rings is 1. The van der Waals surface area contributed by atoms with Crippen LogP contribution in [0.2, 0.25) is 0 Å². The Labute approximate surface area is 110 Å². The van der Waals surface area contributed by atoms with Crippen LogP contribution in [-0.2, 0) is 6.54 Å². The van der Waals surface area contributed by atoms with Crippen LogP contribution in [-0.4, -0.2) is 48.6 Å². The highest BCUT2D eigenvalue weighted by Crippen LogP contribution is 2.04. The molecule has 0 aromatic carbocycles. The third-order valence-electron chi connectivity index (χ3n) is 3.57. The van der Waals surface area contributed by atoms with Gasteiger partial charge in [-0.1, -0.05) is 6.07 Å². The van der Waals surface area contributed by atoms with Gasteiger partial charge in [0.1, 0.15) is 0 Å². The standard InChI is InChI=1S/C14H24N4/c1-13(18-9-7-15-8-10-18)4-6-17-12-14-3-2-5-16-11-14/h2-3,5,11,13,15,17H,4,6-10,12H2,1H3. The van der Waals surface area contributed by atoms with E-state index in [-0.39, 0.29) is 0 Å². The number of rotatable bonds is 6. The van der Waals surface area contributed by atoms with Crippen molar-refractivity contribution in [2.24, 2.45) is 0 Å². The van der Waals surface area contributed by atoms with Gasteiger partial charge in [0.15, 0.2) is 0 Å². The van der Waals surface area contributed by atoms with Gasteiger partial charge in [0, 0.05) is 51.2 Å². The number of aromatic nitrogens is 1. The normalized spacial score (nSPS) is 18.7. The topological polar surface area (TPSA) is 40.2 Å². The van der Waals surface area contributed by atoms with E-state index in [1.165, 1.54) is 25.1 Å². The van der Waals surface area contributed by atoms with Crippen LogP contribution in [0.5, 0.6) is 0 Å². The third-order valence-corrected chi connectivity index (χ3v) is 3.57. The van der Waals surface area contributed by atoms with E-state index in [9.17, 15) is 0 Å². The Morgan fingerprint density at radius 3 is 3.00 bits per heavy atom. The predicted octanol–water partition coefficient (Wildman–Crippen LogP) is 0.855. The largest absolute Gasteiger partial charge is 0.314 e. The maximum Gasteiger partial charge on any atom is 0.0312 e. The summed E-state index contributed by atoms with van der Waals surface area (Å²) in [6.07, 6.45) is 4.95. The molecule has 2 rings (SSSR count). The minimum atomic E-state index is 0.675. The van der Waals surface area contributed by atoms with Crippen LogP contribution in [0.25, 0.3) is 0 Å². The Bertz CT molecular complexity index is 322. The zero-order chi connectivity index (χ0) is 12.6. The summed E-state index contributed by atoms with van der Waals surface area (Å²) >= 11 is 0. The minimum absolute atomic E-state index is 0.675. The van der Waals surface area contributed by atoms with Crippen LogP contribution in [0.3, 0.4) is 0 Å². The van der Waals surface area contributed by atoms with E-state index >= 15 is 0 Å². The molecule has 0 aliphatic carbocycles. The van der Waals surface area contributed by atoms with Crippen LogP contribution < -0.4 is 10.6 Å². The molecule has 100 valence electrons. The summed E-state index contributed by atoms with van der Waals surface area (Å²) in [6.45, 7) is 8.95. The second-order valence-electron chi connectivity index (χ2n) is 4.96. The molecule has 0 amide bonds. The minimum Gasteiger partial charge on any atom is -0.314 e. The highest BCUT2D eigenvalue weighted by atomic mass is 15.2. The average molecular weight is 248 g/mol. The number of nitrogens with zero attached hydrogens (tertiary/aromatic N) is 2. The van der Waals surface area contributed by atoms with E-state index in [2.05, 4.69) is 33.5 Å². The van der Waals surface area contributed by atoms with Crippen molar-refractivity contribution in [3.05, 3.63) is 30.1 Å². The van der Waals surface area contributed by atoms with Crippen molar-refractivity contribution in [1.82, 2.24) is 20.5 Å². The predicted molar refractivity (Wildman–Crippen MR) is 74.5 cm³/mol. The molecule has 2 heterocycles. The van der Waals surface area contributed by atoms with Gasteiger partial charge in [0.25, 0.3) is 0 Å². The molecule has 2 N–H and O–H groups in total. The van der Waals surface area contributed by atoms with Crippen LogP contribution in [0.1, 0.15) is 18.9 Å². The maximum absolute atomic E-state index is 4.12. The Hall–Kier alpha value is -0.970. The van der Waals surface area contributed by atoms with E-state index in [0.717, 1.165) is 26.2 Å². The molecule has 1 aromatic heterocycles. The Kier molecular flexibility index (Phi) is 5.58. The fraction of sp³-hybridized carbons (Fsp3) is 0.643. The van der Waals surface area contributed by atoms with Gasteiger partial charge in [-0.05, 0) is 31.5 Å². The average Bonchev–Trinajstić information content (AvgIpc) is 2.45. The molecule has 18 heavy (non-hydrogen) atoms. The lowest BCUT2D eigenvalue weighted by atomic mass is 10.1. The smallest absolute Gasteiger partial charge is 0.0312 e. The van der Waals surface area contributed by atoms with Crippen molar-refractivity contribution in [3.8, 4) is 0 Å². The number of hydrogen-bond donors (Lipinski definition) is 2. The lowest BCUT2D eigenvalue weighted by molar-refractivity contribution is 0.176. The molecule has 0 bridgehead atoms. The van der Waals surface area contributed by atoms with Crippen LogP contribution in [0.15, 0.2) is 24.5 Å². The van der Waals surface area contributed by atoms with Gasteiger partial charge in [-0.3, -0.25) is 9.88 Å². The van der Waals surface area contributed by atoms with E-state index in [0.29, 0.717) is 6.04 Å². The summed E-state index contributed by atoms with van der Waals surface area (Å²) in [7, 11) is 0. The number of nitrogens with one attached hydrogen (secondary N) is 2. The molecular weight excluding hydrogens is 224 g/mol. The van der Waals surface area contributed by atoms with E-state index < -0.39 is 0 Å². The summed E-state index contributed by atoms with van der Waals surface area (Å²) < 4.78 is 0. The summed E-state index contributed by atoms with van der Waals surface area (Å²) in [5, 5.41) is 6.88. The van der Waals surface area contributed by atoms with Gasteiger partial charge in [0.2, 0.25) is 0 Å². The first-order valence-corrected chi connectivity index (χ1v) is 6.90. The lowest BCUT2D eigenvalue weighted by Crippen LogP contribution is -2.48. The summed E-state index contributed by atoms with van der Waals surface area (Å²) in [5.41, 5.74) is 1.26. The van der Waals surface area contributed by atoms with E-state index in [4.69, 9.17) is 0 Å². The van der Waals surface area contributed by atoms with Crippen LogP contribution in [0, 0.1) is 0 Å². The van der Waals surface area contributed by atoms with E-state index in [1.807, 2.05) is 18.5 Å². The molecule has 1 aliphatic rings. The lowest BCUT2D eigenvalue weighted by Gasteiger charge is -2.32. The SMILES string of the molecule is CC(CCNCc1cccnc1)N1CCNCC1. The summed E-state index contributed by atoms with van der Waals surface area (Å²) in [5.74, 6) is 0. The van der Waals surface area contributed by atoms with E-state index in [1.54, 1.807) is 0 Å². The number of piperazine rings is 1. The summed E-state index contributed by atoms with van der Waals surface area (Å²) in [4.78, 5) is 6.69. The number of hydrogen-bond acceptors (Lipinski definition) is 4. The van der Waals surface area contributed by atoms with Gasteiger partial charge < -0.3 is 10.6 Å². The Morgan fingerprint density at radius 1 is 1.44 bits per heavy atom. The highest BCUT2D eigenvalue weighted by molar-refractivity contribution is 5.07. The van der Waals surface area contributed by atoms with Gasteiger partial charge >= 0.3 is 0 Å². The van der Waals surface area contributed by atoms with Gasteiger partial charge in [-0.2, -0.15) is 0 Å². The second kappa shape index (κ2) is 7.46. The fourth-order valence-corrected chi connectivity index (χ4v) is 2.35. The molecule has 1 unspecified atom stereocenters. The van der Waals surface area contributed by atoms with Crippen molar-refractivity contribution in [3.63, 3.8) is 0 Å². The molecule has 4 heteroatoms. The van der Waals surface area contributed by atoms with Crippen molar-refractivity contribution >= 4 is 0 Å². The molecular formula is C14H24N4. The second-order valence-corrected chi connectivity index (χ2v) is 4.96. The molecule has 0 spiro atoms. The zero-order valence-electron chi connectivity index (χ0n) is 11.2. The molecule has 1 saturated heterocycles. The van der Waals surface area contributed by atoms with Crippen molar-refractivity contribution in [1.29, 1.82) is 0 Å². The fourth-order valence-electron chi connectivity index (χ4n) is 2.35. The Morgan fingerprint density at radius 2 is 2.28 bits per heavy atom. The van der Waals surface area contributed by atoms with Crippen LogP contribution >= 0.6 is 0 Å². The maximum atomic E-state index is 4.12. The summed E-state index contributed by atoms with van der Waals surface area (Å²) in [6, 6.07) is 4.77. The van der Waals surface area contributed by atoms with Crippen molar-refractivity contribution < 1.29 is 0 Å². The monoisotopic (exact) mass is 248 g/mol. The quantitative estimate of drug-likeness (QED) is 0.733. The first-order chi connectivity index (χ1) is 8.86. The molecule has 1 aliphatic heterocycles. The highest BCUT2D eigenvalue weighted by Gasteiger charge is 2.15. The molecule has 0 saturated carbocycles. The van der Waals surface area contributed by atoms with Crippen molar-refractivity contribution in [2.75, 3.05) is 32.7 Å². The van der Waals surface area contributed by atoms with Crippen LogP contribution in [0.4, 0.5) is 0 Å². The first kappa shape index (κ1) is 13.5. The molecule has 4 nitrogen and oxygen atoms in total. The van der Waals surface area contributed by atoms with Gasteiger partial charge in [0.05, 0.1) is 0 Å². The zero-order valence-corrected chi connectivity index (χ0v) is 11.2. The molecule has 0 radical (unpaired) electrons. The van der Waals surface area contributed by atoms with Gasteiger partial charge in [-0.15, -0.1) is 0 Å². The molecule has 1 atom stereocenters. The molecule has 1 aromatic rings. The van der Waals surface area contributed by atoms with Gasteiger partial charge in [-0.25, -0.2) is 0 Å².